The number of carbonyl (C=O) groups excluding carboxylic acids is 1. The lowest BCUT2D eigenvalue weighted by atomic mass is 9.96. The molecule has 198 valence electrons. The van der Waals surface area contributed by atoms with Crippen LogP contribution in [0, 0.1) is 5.82 Å². The molecule has 3 aromatic carbocycles. The van der Waals surface area contributed by atoms with E-state index in [1.54, 1.807) is 38.1 Å². The molecule has 1 atom stereocenters. The summed E-state index contributed by atoms with van der Waals surface area (Å²) in [6.45, 7) is 3.85. The highest BCUT2D eigenvalue weighted by molar-refractivity contribution is 7.07. The Kier molecular flexibility index (Phi) is 7.77. The highest BCUT2D eigenvalue weighted by Crippen LogP contribution is 2.31. The molecule has 0 spiro atoms. The van der Waals surface area contributed by atoms with Gasteiger partial charge in [0.1, 0.15) is 18.2 Å². The van der Waals surface area contributed by atoms with E-state index in [1.807, 2.05) is 42.5 Å². The van der Waals surface area contributed by atoms with Crippen LogP contribution >= 0.6 is 22.9 Å². The van der Waals surface area contributed by atoms with E-state index in [0.717, 1.165) is 5.56 Å². The third-order valence-electron chi connectivity index (χ3n) is 6.25. The van der Waals surface area contributed by atoms with Crippen LogP contribution in [0.4, 0.5) is 4.39 Å². The van der Waals surface area contributed by atoms with E-state index in [9.17, 15) is 14.0 Å². The average molecular weight is 563 g/mol. The first-order valence-electron chi connectivity index (χ1n) is 12.3. The van der Waals surface area contributed by atoms with Crippen molar-refractivity contribution in [2.75, 3.05) is 6.61 Å². The number of rotatable bonds is 7. The van der Waals surface area contributed by atoms with E-state index < -0.39 is 17.8 Å². The van der Waals surface area contributed by atoms with E-state index in [4.69, 9.17) is 21.1 Å². The summed E-state index contributed by atoms with van der Waals surface area (Å²) in [5.41, 5.74) is 2.47. The van der Waals surface area contributed by atoms with Crippen molar-refractivity contribution < 1.29 is 18.7 Å². The predicted octanol–water partition coefficient (Wildman–Crippen LogP) is 5.17. The number of hydrogen-bond donors (Lipinski definition) is 0. The monoisotopic (exact) mass is 562 g/mol. The number of thiazole rings is 1. The van der Waals surface area contributed by atoms with Crippen molar-refractivity contribution >= 4 is 35.0 Å². The molecule has 2 heterocycles. The first-order chi connectivity index (χ1) is 18.9. The van der Waals surface area contributed by atoms with E-state index in [1.165, 1.54) is 28.0 Å². The molecule has 0 saturated heterocycles. The van der Waals surface area contributed by atoms with E-state index in [2.05, 4.69) is 4.99 Å². The highest BCUT2D eigenvalue weighted by atomic mass is 35.5. The molecular formula is C30H24ClFN2O4S. The third kappa shape index (κ3) is 5.44. The molecule has 1 aromatic heterocycles. The Bertz CT molecular complexity index is 1760. The van der Waals surface area contributed by atoms with Gasteiger partial charge in [-0.25, -0.2) is 14.2 Å². The Morgan fingerprint density at radius 3 is 2.56 bits per heavy atom. The molecule has 5 rings (SSSR count). The van der Waals surface area contributed by atoms with Gasteiger partial charge in [-0.3, -0.25) is 9.36 Å². The smallest absolute Gasteiger partial charge is 0.338 e. The number of ether oxygens (including phenoxy) is 2. The molecule has 0 radical (unpaired) electrons. The number of aromatic nitrogens is 1. The summed E-state index contributed by atoms with van der Waals surface area (Å²) in [5, 5.41) is 0.608. The van der Waals surface area contributed by atoms with Gasteiger partial charge in [0.25, 0.3) is 5.56 Å². The van der Waals surface area contributed by atoms with Crippen LogP contribution in [0.15, 0.2) is 93.9 Å². The molecule has 4 aromatic rings. The fourth-order valence-corrected chi connectivity index (χ4v) is 5.62. The van der Waals surface area contributed by atoms with Gasteiger partial charge in [-0.15, -0.1) is 0 Å². The van der Waals surface area contributed by atoms with Crippen molar-refractivity contribution in [2.24, 2.45) is 4.99 Å². The molecule has 0 N–H and O–H groups in total. The van der Waals surface area contributed by atoms with Gasteiger partial charge in [0.05, 0.1) is 28.5 Å². The molecule has 0 saturated carbocycles. The number of benzene rings is 3. The number of fused-ring (bicyclic) bond motifs is 1. The number of allylic oxidation sites excluding steroid dienone is 1. The minimum atomic E-state index is -0.810. The van der Waals surface area contributed by atoms with Crippen molar-refractivity contribution in [1.29, 1.82) is 0 Å². The summed E-state index contributed by atoms with van der Waals surface area (Å²) in [7, 11) is 0. The summed E-state index contributed by atoms with van der Waals surface area (Å²) < 4.78 is 27.0. The van der Waals surface area contributed by atoms with Gasteiger partial charge in [-0.2, -0.15) is 0 Å². The maximum Gasteiger partial charge on any atom is 0.338 e. The third-order valence-corrected chi connectivity index (χ3v) is 7.60. The highest BCUT2D eigenvalue weighted by Gasteiger charge is 2.33. The van der Waals surface area contributed by atoms with Crippen LogP contribution in [0.1, 0.15) is 36.6 Å². The molecule has 0 fully saturated rings. The predicted molar refractivity (Wildman–Crippen MR) is 149 cm³/mol. The Balaban J connectivity index is 1.60. The zero-order valence-electron chi connectivity index (χ0n) is 21.2. The Morgan fingerprint density at radius 1 is 1.10 bits per heavy atom. The molecule has 0 amide bonds. The first-order valence-corrected chi connectivity index (χ1v) is 13.5. The quantitative estimate of drug-likeness (QED) is 0.291. The van der Waals surface area contributed by atoms with E-state index >= 15 is 0 Å². The van der Waals surface area contributed by atoms with Gasteiger partial charge >= 0.3 is 5.97 Å². The Labute approximate surface area is 232 Å². The lowest BCUT2D eigenvalue weighted by Crippen LogP contribution is -2.39. The summed E-state index contributed by atoms with van der Waals surface area (Å²) in [5.74, 6) is -0.402. The molecular weight excluding hydrogens is 539 g/mol. The van der Waals surface area contributed by atoms with Crippen molar-refractivity contribution in [3.8, 4) is 5.75 Å². The van der Waals surface area contributed by atoms with Crippen LogP contribution in [0.25, 0.3) is 6.08 Å². The van der Waals surface area contributed by atoms with Gasteiger partial charge in [-0.1, -0.05) is 71.5 Å². The fourth-order valence-electron chi connectivity index (χ4n) is 4.40. The van der Waals surface area contributed by atoms with Crippen LogP contribution in [-0.4, -0.2) is 17.1 Å². The lowest BCUT2D eigenvalue weighted by Gasteiger charge is -2.24. The minimum absolute atomic E-state index is 0.168. The lowest BCUT2D eigenvalue weighted by molar-refractivity contribution is -0.139. The van der Waals surface area contributed by atoms with Gasteiger partial charge in [0.15, 0.2) is 4.80 Å². The zero-order valence-corrected chi connectivity index (χ0v) is 22.8. The van der Waals surface area contributed by atoms with Crippen LogP contribution in [-0.2, 0) is 16.1 Å². The minimum Gasteiger partial charge on any atom is -0.488 e. The van der Waals surface area contributed by atoms with Crippen molar-refractivity contribution in [2.45, 2.75) is 26.5 Å². The average Bonchev–Trinajstić information content (AvgIpc) is 3.23. The molecule has 9 heteroatoms. The molecule has 0 aliphatic carbocycles. The summed E-state index contributed by atoms with van der Waals surface area (Å²) >= 11 is 7.48. The van der Waals surface area contributed by atoms with Gasteiger partial charge in [0, 0.05) is 16.1 Å². The molecule has 1 aliphatic rings. The molecule has 0 bridgehead atoms. The Hall–Kier alpha value is -4.01. The molecule has 39 heavy (non-hydrogen) atoms. The van der Waals surface area contributed by atoms with Crippen LogP contribution < -0.4 is 19.6 Å². The van der Waals surface area contributed by atoms with Crippen LogP contribution in [0.3, 0.4) is 0 Å². The van der Waals surface area contributed by atoms with Crippen molar-refractivity contribution in [3.63, 3.8) is 0 Å². The Morgan fingerprint density at radius 2 is 1.82 bits per heavy atom. The maximum absolute atomic E-state index is 13.8. The number of halogens is 2. The van der Waals surface area contributed by atoms with Gasteiger partial charge in [-0.05, 0) is 49.8 Å². The number of esters is 1. The van der Waals surface area contributed by atoms with Gasteiger partial charge in [0.2, 0.25) is 0 Å². The number of para-hydroxylation sites is 1. The SMILES string of the molecule is CCOC(=O)C1=C(C)N=c2s/c(=C/c3ccccc3OCc3ccccc3Cl)c(=O)n2[C@H]1c1ccc(F)cc1. The second-order valence-corrected chi connectivity index (χ2v) is 10.2. The van der Waals surface area contributed by atoms with Crippen molar-refractivity contribution in [1.82, 2.24) is 4.57 Å². The number of nitrogens with zero attached hydrogens (tertiary/aromatic N) is 2. The summed E-state index contributed by atoms with van der Waals surface area (Å²) in [6.07, 6.45) is 1.75. The standard InChI is InChI=1S/C30H24ClFN2O4S/c1-3-37-29(36)26-18(2)33-30-34(27(26)19-12-14-22(32)15-13-19)28(35)25(39-30)16-20-8-5-7-11-24(20)38-17-21-9-4-6-10-23(21)31/h4-16,27H,3,17H2,1-2H3/b25-16+/t27-/m0/s1. The second kappa shape index (κ2) is 11.4. The number of hydrogen-bond acceptors (Lipinski definition) is 6. The number of carbonyl (C=O) groups is 1. The molecule has 1 aliphatic heterocycles. The summed E-state index contributed by atoms with van der Waals surface area (Å²) in [4.78, 5) is 31.8. The topological polar surface area (TPSA) is 69.9 Å². The first kappa shape index (κ1) is 26.6. The van der Waals surface area contributed by atoms with E-state index in [-0.39, 0.29) is 24.3 Å². The molecule has 0 unspecified atom stereocenters. The summed E-state index contributed by atoms with van der Waals surface area (Å²) in [6, 6.07) is 19.7. The van der Waals surface area contributed by atoms with Crippen LogP contribution in [0.5, 0.6) is 5.75 Å². The molecule has 6 nitrogen and oxygen atoms in total. The zero-order chi connectivity index (χ0) is 27.5. The van der Waals surface area contributed by atoms with Gasteiger partial charge < -0.3 is 9.47 Å². The van der Waals surface area contributed by atoms with E-state index in [0.29, 0.717) is 36.9 Å². The second-order valence-electron chi connectivity index (χ2n) is 8.77. The van der Waals surface area contributed by atoms with Crippen LogP contribution in [0.2, 0.25) is 5.02 Å². The normalized spacial score (nSPS) is 15.1. The fraction of sp³-hybridized carbons (Fsp3) is 0.167. The van der Waals surface area contributed by atoms with Crippen molar-refractivity contribution in [3.05, 3.63) is 131 Å². The largest absolute Gasteiger partial charge is 0.488 e. The maximum atomic E-state index is 13.8.